The number of allylic oxidation sites excluding steroid dienone is 1. The van der Waals surface area contributed by atoms with E-state index < -0.39 is 7.34 Å². The van der Waals surface area contributed by atoms with Crippen molar-refractivity contribution in [1.29, 1.82) is 0 Å². The van der Waals surface area contributed by atoms with Gasteiger partial charge in [-0.3, -0.25) is 4.40 Å². The lowest BCUT2D eigenvalue weighted by Crippen LogP contribution is -2.40. The summed E-state index contributed by atoms with van der Waals surface area (Å²) >= 11 is 0. The molecule has 5 heterocycles. The molecular weight excluding hydrogens is 708 g/mol. The van der Waals surface area contributed by atoms with Gasteiger partial charge in [0.05, 0.1) is 22.4 Å². The van der Waals surface area contributed by atoms with Gasteiger partial charge in [0.25, 0.3) is 0 Å². The molecule has 3 aromatic heterocycles. The topological polar surface area (TPSA) is 43.2 Å². The average molecular weight is 764 g/mol. The summed E-state index contributed by atoms with van der Waals surface area (Å²) < 4.78 is 24.4. The third-order valence-electron chi connectivity index (χ3n) is 12.5. The van der Waals surface area contributed by atoms with E-state index in [4.69, 9.17) is 13.6 Å². The van der Waals surface area contributed by atoms with Crippen LogP contribution in [0.15, 0.2) is 74.8 Å². The second-order valence-corrected chi connectivity index (χ2v) is 23.9. The van der Waals surface area contributed by atoms with E-state index in [1.807, 2.05) is 0 Å². The minimum absolute atomic E-state index is 0.0239. The summed E-state index contributed by atoms with van der Waals surface area (Å²) in [5.74, 6) is 1.94. The van der Waals surface area contributed by atoms with Crippen LogP contribution in [-0.4, -0.2) is 4.40 Å². The Morgan fingerprint density at radius 1 is 0.571 bits per heavy atom. The van der Waals surface area contributed by atoms with E-state index in [9.17, 15) is 0 Å². The Morgan fingerprint density at radius 2 is 1.23 bits per heavy atom. The van der Waals surface area contributed by atoms with Crippen LogP contribution < -0.4 is 15.1 Å². The first-order valence-electron chi connectivity index (χ1n) is 20.4. The fourth-order valence-electron chi connectivity index (χ4n) is 9.32. The van der Waals surface area contributed by atoms with E-state index in [-0.39, 0.29) is 33.1 Å². The van der Waals surface area contributed by atoms with Crippen molar-refractivity contribution in [1.82, 2.24) is 4.40 Å². The molecule has 2 aliphatic heterocycles. The first-order chi connectivity index (χ1) is 25.9. The van der Waals surface area contributed by atoms with Gasteiger partial charge in [0.2, 0.25) is 15.5 Å². The lowest BCUT2D eigenvalue weighted by molar-refractivity contribution is 0.337. The third kappa shape index (κ3) is 4.82. The number of anilines is 2. The fourth-order valence-corrected chi connectivity index (χ4v) is 12.4. The van der Waals surface area contributed by atoms with Crippen LogP contribution in [0, 0.1) is 5.41 Å². The van der Waals surface area contributed by atoms with E-state index in [0.717, 1.165) is 56.0 Å². The fraction of sp³-hybridized carbons (Fsp3) is 0.420. The molecule has 1 aliphatic carbocycles. The molecule has 3 aliphatic rings. The Balaban J connectivity index is 1.51. The van der Waals surface area contributed by atoms with Crippen LogP contribution in [-0.2, 0) is 21.7 Å². The van der Waals surface area contributed by atoms with Crippen molar-refractivity contribution < 1.29 is 13.6 Å². The molecule has 288 valence electrons. The molecule has 6 heteroatoms. The van der Waals surface area contributed by atoms with Crippen molar-refractivity contribution in [2.24, 2.45) is 5.41 Å². The van der Waals surface area contributed by atoms with Crippen LogP contribution in [0.25, 0.3) is 49.6 Å². The van der Waals surface area contributed by atoms with Crippen LogP contribution in [0.2, 0.25) is 0 Å². The molecule has 56 heavy (non-hydrogen) atoms. The van der Waals surface area contributed by atoms with Gasteiger partial charge in [-0.2, -0.15) is 0 Å². The molecule has 0 fully saturated rings. The van der Waals surface area contributed by atoms with E-state index in [1.54, 1.807) is 0 Å². The number of nitrogens with zero attached hydrogens (tertiary/aromatic N) is 2. The van der Waals surface area contributed by atoms with Crippen LogP contribution >= 0.6 is 7.34 Å². The SMILES string of the molecule is CC(C)(C)C1=C2Oc3cc(C(C)(C)C)ccc3N3c4cc(C(C)(C)C)cc5c4[p+]4c(c(oc6cc(C(C)(C)C)c7oc8cc(C(C)(C)C)ccc8n5c7c64)=C1)C23. The second-order valence-electron chi connectivity index (χ2n) is 21.8. The van der Waals surface area contributed by atoms with Crippen LogP contribution in [0.4, 0.5) is 11.4 Å². The van der Waals surface area contributed by atoms with Gasteiger partial charge in [0, 0.05) is 11.1 Å². The lowest BCUT2D eigenvalue weighted by atomic mass is 9.80. The second kappa shape index (κ2) is 10.7. The summed E-state index contributed by atoms with van der Waals surface area (Å²) in [4.78, 5) is 2.62. The number of benzene rings is 4. The molecule has 0 spiro atoms. The predicted molar refractivity (Wildman–Crippen MR) is 236 cm³/mol. The zero-order valence-electron chi connectivity index (χ0n) is 35.9. The van der Waals surface area contributed by atoms with Gasteiger partial charge in [-0.1, -0.05) is 116 Å². The zero-order chi connectivity index (χ0) is 40.0. The normalized spacial score (nSPS) is 17.5. The standard InChI is InChI=1S/C50H56N2O3P/c1-46(2,3)26-16-18-31-35(22-26)54-41-29(49(10,11)12)24-37-44-39(41)51(31)33-20-28(48(7,8)9)21-34-43(33)56(44)45-38(53-37)25-30(50(13,14)15)42-40(45)52(34)32-19-17-27(47(4,5)6)23-36(32)55-42/h16-25,39H,1-15H3/q+1. The molecule has 2 atom stereocenters. The molecule has 0 saturated carbocycles. The Kier molecular flexibility index (Phi) is 6.87. The number of hydrogen-bond acceptors (Lipinski definition) is 4. The van der Waals surface area contributed by atoms with Crippen LogP contribution in [0.3, 0.4) is 0 Å². The third-order valence-corrected chi connectivity index (χ3v) is 15.3. The van der Waals surface area contributed by atoms with E-state index in [1.165, 1.54) is 49.0 Å². The largest absolute Gasteiger partial charge is 0.456 e. The van der Waals surface area contributed by atoms with Gasteiger partial charge in [0.1, 0.15) is 11.3 Å². The summed E-state index contributed by atoms with van der Waals surface area (Å²) in [7, 11) is -1.04. The Bertz CT molecular complexity index is 3020. The van der Waals surface area contributed by atoms with E-state index in [2.05, 4.69) is 174 Å². The maximum absolute atomic E-state index is 7.32. The van der Waals surface area contributed by atoms with Gasteiger partial charge < -0.3 is 18.5 Å². The van der Waals surface area contributed by atoms with Crippen molar-refractivity contribution in [2.75, 3.05) is 4.90 Å². The smallest absolute Gasteiger partial charge is 0.224 e. The van der Waals surface area contributed by atoms with Gasteiger partial charge in [-0.15, -0.1) is 0 Å². The van der Waals surface area contributed by atoms with Crippen LogP contribution in [0.5, 0.6) is 5.75 Å². The highest BCUT2D eigenvalue weighted by Crippen LogP contribution is 2.65. The summed E-state index contributed by atoms with van der Waals surface area (Å²) in [6.45, 7) is 34.5. The van der Waals surface area contributed by atoms with Crippen molar-refractivity contribution >= 4 is 68.3 Å². The first kappa shape index (κ1) is 35.9. The quantitative estimate of drug-likeness (QED) is 0.114. The zero-order valence-corrected chi connectivity index (χ0v) is 36.8. The van der Waals surface area contributed by atoms with E-state index >= 15 is 0 Å². The maximum Gasteiger partial charge on any atom is 0.224 e. The van der Waals surface area contributed by atoms with Gasteiger partial charge in [0.15, 0.2) is 41.3 Å². The average Bonchev–Trinajstić information content (AvgIpc) is 3.08. The summed E-state index contributed by atoms with van der Waals surface area (Å²) in [5, 5.41) is 3.96. The van der Waals surface area contributed by atoms with Crippen molar-refractivity contribution in [3.63, 3.8) is 0 Å². The van der Waals surface area contributed by atoms with Crippen molar-refractivity contribution in [3.8, 4) is 5.75 Å². The van der Waals surface area contributed by atoms with Crippen molar-refractivity contribution in [2.45, 2.75) is 132 Å². The molecule has 0 bridgehead atoms. The highest BCUT2D eigenvalue weighted by Gasteiger charge is 2.52. The van der Waals surface area contributed by atoms with E-state index in [0.29, 0.717) is 0 Å². The first-order valence-corrected chi connectivity index (χ1v) is 21.7. The monoisotopic (exact) mass is 763 g/mol. The predicted octanol–water partition coefficient (Wildman–Crippen LogP) is 14.5. The Hall–Kier alpha value is -4.47. The van der Waals surface area contributed by atoms with Crippen LogP contribution in [0.1, 0.15) is 137 Å². The molecule has 0 N–H and O–H groups in total. The molecule has 4 aromatic carbocycles. The molecule has 7 aromatic rings. The Morgan fingerprint density at radius 3 is 1.88 bits per heavy atom. The minimum atomic E-state index is -1.04. The highest BCUT2D eigenvalue weighted by atomic mass is 31.1. The number of rotatable bonds is 0. The number of hydrogen-bond donors (Lipinski definition) is 0. The highest BCUT2D eigenvalue weighted by molar-refractivity contribution is 7.59. The molecule has 10 rings (SSSR count). The Labute approximate surface area is 331 Å². The summed E-state index contributed by atoms with van der Waals surface area (Å²) in [6, 6.07) is 20.9. The number of fused-ring (bicyclic) bond motifs is 6. The summed E-state index contributed by atoms with van der Waals surface area (Å²) in [6.07, 6.45) is 2.32. The molecule has 0 saturated heterocycles. The minimum Gasteiger partial charge on any atom is -0.456 e. The molecule has 0 radical (unpaired) electrons. The number of aromatic nitrogens is 1. The molecule has 5 nitrogen and oxygen atoms in total. The van der Waals surface area contributed by atoms with Gasteiger partial charge in [-0.25, -0.2) is 0 Å². The van der Waals surface area contributed by atoms with Crippen molar-refractivity contribution in [3.05, 3.63) is 98.9 Å². The number of ether oxygens (including phenoxy) is 1. The maximum atomic E-state index is 7.32. The lowest BCUT2D eigenvalue weighted by Gasteiger charge is -2.44. The van der Waals surface area contributed by atoms with Gasteiger partial charge >= 0.3 is 0 Å². The molecular formula is C50H56N2O3P+. The molecule has 2 unspecified atom stereocenters. The molecule has 0 amide bonds. The van der Waals surface area contributed by atoms with Gasteiger partial charge in [-0.05, 0) is 92.3 Å². The summed E-state index contributed by atoms with van der Waals surface area (Å²) in [5.41, 5.74) is 15.2.